The number of carbonyl (C=O) groups excluding carboxylic acids is 2. The molecule has 28 heavy (non-hydrogen) atoms. The second kappa shape index (κ2) is 10.8. The molecule has 1 aliphatic heterocycles. The summed E-state index contributed by atoms with van der Waals surface area (Å²) >= 11 is 0. The highest BCUT2D eigenvalue weighted by Crippen LogP contribution is 2.19. The fourth-order valence-corrected chi connectivity index (χ4v) is 3.17. The Kier molecular flexibility index (Phi) is 9.18. The van der Waals surface area contributed by atoms with Crippen LogP contribution in [0.2, 0.25) is 0 Å². The van der Waals surface area contributed by atoms with Crippen LogP contribution in [0.25, 0.3) is 0 Å². The number of carbonyl (C=O) groups is 2. The third kappa shape index (κ3) is 5.58. The molecule has 1 atom stereocenters. The van der Waals surface area contributed by atoms with E-state index in [-0.39, 0.29) is 30.7 Å². The summed E-state index contributed by atoms with van der Waals surface area (Å²) in [6, 6.07) is 12.6. The van der Waals surface area contributed by atoms with Gasteiger partial charge in [-0.3, -0.25) is 9.59 Å². The van der Waals surface area contributed by atoms with Crippen LogP contribution in [0.1, 0.15) is 15.9 Å². The van der Waals surface area contributed by atoms with Crippen LogP contribution in [0.5, 0.6) is 0 Å². The molecule has 1 fully saturated rings. The number of amides is 2. The molecule has 2 aromatic rings. The zero-order valence-electron chi connectivity index (χ0n) is 15.4. The first-order chi connectivity index (χ1) is 12.6. The van der Waals surface area contributed by atoms with Gasteiger partial charge < -0.3 is 21.3 Å². The van der Waals surface area contributed by atoms with Crippen LogP contribution < -0.4 is 16.4 Å². The van der Waals surface area contributed by atoms with Crippen molar-refractivity contribution in [1.29, 1.82) is 0 Å². The maximum absolute atomic E-state index is 12.6. The number of benzene rings is 1. The van der Waals surface area contributed by atoms with Crippen LogP contribution in [0.15, 0.2) is 48.7 Å². The Morgan fingerprint density at radius 2 is 1.64 bits per heavy atom. The lowest BCUT2D eigenvalue weighted by molar-refractivity contribution is -0.132. The molecular weight excluding hydrogens is 401 g/mol. The zero-order valence-corrected chi connectivity index (χ0v) is 17.0. The summed E-state index contributed by atoms with van der Waals surface area (Å²) in [5, 5.41) is 0. The van der Waals surface area contributed by atoms with E-state index in [1.54, 1.807) is 23.2 Å². The third-order valence-corrected chi connectivity index (χ3v) is 4.56. The first-order valence-electron chi connectivity index (χ1n) is 8.64. The normalized spacial score (nSPS) is 14.5. The van der Waals surface area contributed by atoms with E-state index in [0.29, 0.717) is 44.0 Å². The van der Waals surface area contributed by atoms with Crippen molar-refractivity contribution in [3.8, 4) is 0 Å². The Labute approximate surface area is 176 Å². The summed E-state index contributed by atoms with van der Waals surface area (Å²) in [6.45, 7) is 2.24. The molecule has 0 radical (unpaired) electrons. The molecule has 9 heteroatoms. The standard InChI is InChI=1S/C19H23N5O2.2ClH/c20-16(13-14-5-2-1-3-6-14)19(26)24-11-9-23(10-12-24)18-15(17(21)25)7-4-8-22-18;;/h1-8,16H,9-13,20H2,(H2,21,25);2*1H. The van der Waals surface area contributed by atoms with Gasteiger partial charge in [0.25, 0.3) is 5.91 Å². The maximum Gasteiger partial charge on any atom is 0.252 e. The van der Waals surface area contributed by atoms with Crippen LogP contribution in [-0.2, 0) is 11.2 Å². The number of anilines is 1. The summed E-state index contributed by atoms with van der Waals surface area (Å²) in [4.78, 5) is 32.2. The van der Waals surface area contributed by atoms with Crippen molar-refractivity contribution in [2.24, 2.45) is 11.5 Å². The van der Waals surface area contributed by atoms with Gasteiger partial charge in [0, 0.05) is 32.4 Å². The van der Waals surface area contributed by atoms with Gasteiger partial charge in [-0.2, -0.15) is 0 Å². The molecule has 0 bridgehead atoms. The van der Waals surface area contributed by atoms with E-state index in [2.05, 4.69) is 4.98 Å². The first kappa shape index (κ1) is 23.7. The number of hydrogen-bond donors (Lipinski definition) is 2. The highest BCUT2D eigenvalue weighted by molar-refractivity contribution is 5.97. The third-order valence-electron chi connectivity index (χ3n) is 4.56. The lowest BCUT2D eigenvalue weighted by atomic mass is 10.1. The molecule has 0 aliphatic carbocycles. The minimum absolute atomic E-state index is 0. The van der Waals surface area contributed by atoms with Crippen molar-refractivity contribution in [2.45, 2.75) is 12.5 Å². The molecule has 0 saturated carbocycles. The van der Waals surface area contributed by atoms with Crippen LogP contribution >= 0.6 is 24.8 Å². The fourth-order valence-electron chi connectivity index (χ4n) is 3.17. The van der Waals surface area contributed by atoms with Crippen LogP contribution in [0.4, 0.5) is 5.82 Å². The van der Waals surface area contributed by atoms with Crippen LogP contribution in [0.3, 0.4) is 0 Å². The molecule has 2 heterocycles. The van der Waals surface area contributed by atoms with Gasteiger partial charge in [-0.15, -0.1) is 24.8 Å². The van der Waals surface area contributed by atoms with Gasteiger partial charge in [0.15, 0.2) is 0 Å². The van der Waals surface area contributed by atoms with Crippen molar-refractivity contribution in [3.63, 3.8) is 0 Å². The Morgan fingerprint density at radius 3 is 2.25 bits per heavy atom. The molecule has 2 amide bonds. The van der Waals surface area contributed by atoms with E-state index < -0.39 is 11.9 Å². The van der Waals surface area contributed by atoms with E-state index in [9.17, 15) is 9.59 Å². The number of nitrogens with zero attached hydrogens (tertiary/aromatic N) is 3. The Morgan fingerprint density at radius 1 is 1.00 bits per heavy atom. The summed E-state index contributed by atoms with van der Waals surface area (Å²) < 4.78 is 0. The summed E-state index contributed by atoms with van der Waals surface area (Å²) in [5.74, 6) is 0.0156. The lowest BCUT2D eigenvalue weighted by Crippen LogP contribution is -2.54. The van der Waals surface area contributed by atoms with Crippen LogP contribution in [-0.4, -0.2) is 53.9 Å². The Hall–Kier alpha value is -2.35. The van der Waals surface area contributed by atoms with Gasteiger partial charge in [-0.25, -0.2) is 4.98 Å². The summed E-state index contributed by atoms with van der Waals surface area (Å²) in [5.41, 5.74) is 13.0. The number of aromatic nitrogens is 1. The predicted octanol–water partition coefficient (Wildman–Crippen LogP) is 1.24. The number of primary amides is 1. The average molecular weight is 426 g/mol. The van der Waals surface area contributed by atoms with Gasteiger partial charge >= 0.3 is 0 Å². The van der Waals surface area contributed by atoms with Gasteiger partial charge in [-0.1, -0.05) is 30.3 Å². The number of piperazine rings is 1. The monoisotopic (exact) mass is 425 g/mol. The number of nitrogens with two attached hydrogens (primary N) is 2. The molecule has 7 nitrogen and oxygen atoms in total. The maximum atomic E-state index is 12.6. The molecule has 152 valence electrons. The molecule has 1 unspecified atom stereocenters. The second-order valence-electron chi connectivity index (χ2n) is 6.35. The van der Waals surface area contributed by atoms with Crippen molar-refractivity contribution in [3.05, 3.63) is 59.8 Å². The zero-order chi connectivity index (χ0) is 18.5. The summed E-state index contributed by atoms with van der Waals surface area (Å²) in [6.07, 6.45) is 2.15. The second-order valence-corrected chi connectivity index (χ2v) is 6.35. The van der Waals surface area contributed by atoms with Gasteiger partial charge in [0.05, 0.1) is 11.6 Å². The number of halogens is 2. The number of hydrogen-bond acceptors (Lipinski definition) is 5. The van der Waals surface area contributed by atoms with E-state index in [1.807, 2.05) is 35.2 Å². The molecule has 1 aromatic carbocycles. The largest absolute Gasteiger partial charge is 0.365 e. The molecule has 1 saturated heterocycles. The van der Waals surface area contributed by atoms with E-state index in [4.69, 9.17) is 11.5 Å². The molecule has 1 aromatic heterocycles. The minimum atomic E-state index is -0.556. The van der Waals surface area contributed by atoms with E-state index in [1.165, 1.54) is 0 Å². The SMILES string of the molecule is Cl.Cl.NC(=O)c1cccnc1N1CCN(C(=O)C(N)Cc2ccccc2)CC1. The molecular formula is C19H25Cl2N5O2. The number of pyridine rings is 1. The van der Waals surface area contributed by atoms with Crippen molar-refractivity contribution >= 4 is 42.4 Å². The molecule has 4 N–H and O–H groups in total. The van der Waals surface area contributed by atoms with Crippen molar-refractivity contribution in [2.75, 3.05) is 31.1 Å². The van der Waals surface area contributed by atoms with Gasteiger partial charge in [-0.05, 0) is 24.1 Å². The van der Waals surface area contributed by atoms with E-state index in [0.717, 1.165) is 5.56 Å². The van der Waals surface area contributed by atoms with Gasteiger partial charge in [0.1, 0.15) is 5.82 Å². The lowest BCUT2D eigenvalue weighted by Gasteiger charge is -2.37. The topological polar surface area (TPSA) is 106 Å². The van der Waals surface area contributed by atoms with E-state index >= 15 is 0 Å². The Bertz CT molecular complexity index is 783. The molecule has 1 aliphatic rings. The Balaban J connectivity index is 0.00000196. The number of rotatable bonds is 5. The minimum Gasteiger partial charge on any atom is -0.365 e. The van der Waals surface area contributed by atoms with Crippen molar-refractivity contribution in [1.82, 2.24) is 9.88 Å². The summed E-state index contributed by atoms with van der Waals surface area (Å²) in [7, 11) is 0. The van der Waals surface area contributed by atoms with Crippen LogP contribution in [0, 0.1) is 0 Å². The first-order valence-corrected chi connectivity index (χ1v) is 8.64. The molecule has 3 rings (SSSR count). The average Bonchev–Trinajstić information content (AvgIpc) is 2.68. The predicted molar refractivity (Wildman–Crippen MR) is 114 cm³/mol. The quantitative estimate of drug-likeness (QED) is 0.749. The molecule has 0 spiro atoms. The van der Waals surface area contributed by atoms with Crippen molar-refractivity contribution < 1.29 is 9.59 Å². The highest BCUT2D eigenvalue weighted by atomic mass is 35.5. The fraction of sp³-hybridized carbons (Fsp3) is 0.316. The van der Waals surface area contributed by atoms with Gasteiger partial charge in [0.2, 0.25) is 5.91 Å². The smallest absolute Gasteiger partial charge is 0.252 e. The highest BCUT2D eigenvalue weighted by Gasteiger charge is 2.27.